The lowest BCUT2D eigenvalue weighted by atomic mass is 9.66. The van der Waals surface area contributed by atoms with E-state index in [1.54, 1.807) is 0 Å². The minimum atomic E-state index is -1.61. The maximum Gasteiger partial charge on any atom is 0.337 e. The maximum absolute atomic E-state index is 18.7. The average Bonchev–Trinajstić information content (AvgIpc) is 1.34. The van der Waals surface area contributed by atoms with Crippen LogP contribution >= 0.6 is 0 Å². The van der Waals surface area contributed by atoms with Crippen LogP contribution in [-0.4, -0.2) is 34.4 Å². The van der Waals surface area contributed by atoms with Crippen molar-refractivity contribution in [1.82, 2.24) is 0 Å². The Bertz CT molecular complexity index is 9130. The third-order valence-electron chi connectivity index (χ3n) is 33.2. The zero-order valence-electron chi connectivity index (χ0n) is 53.8. The average molecular weight is 1300 g/mol. The third kappa shape index (κ3) is 2.82. The first-order chi connectivity index (χ1) is 51.6. The highest BCUT2D eigenvalue weighted by molar-refractivity contribution is 6.79. The monoisotopic (exact) mass is 1300 g/mol. The van der Waals surface area contributed by atoms with Gasteiger partial charge in [0.15, 0.2) is 11.1 Å². The molecular weight excluding hydrogens is 1270 g/mol. The lowest BCUT2D eigenvalue weighted by molar-refractivity contribution is -0.149. The van der Waals surface area contributed by atoms with E-state index in [0.717, 1.165) is 44.8 Å². The fourth-order valence-corrected chi connectivity index (χ4v) is 32.2. The van der Waals surface area contributed by atoms with Gasteiger partial charge in [0.05, 0.1) is 33.1 Å². The molecule has 6 nitrogen and oxygen atoms in total. The number of aliphatic imine (C=N–C) groups is 2. The Kier molecular flexibility index (Phi) is 4.84. The Morgan fingerprint density at radius 2 is 0.394 bits per heavy atom. The summed E-state index contributed by atoms with van der Waals surface area (Å²) in [6.45, 7) is 0.0176. The fraction of sp³-hybridized carbons (Fsp3) is 0.0816. The van der Waals surface area contributed by atoms with E-state index in [9.17, 15) is 0 Å². The van der Waals surface area contributed by atoms with E-state index in [1.807, 2.05) is 0 Å². The van der Waals surface area contributed by atoms with Gasteiger partial charge < -0.3 is 9.47 Å². The molecular formula is C98H28N2O4. The number of nitrogens with zero attached hydrogens (tertiary/aromatic N) is 2. The molecule has 2 heterocycles. The molecule has 6 atom stereocenters. The van der Waals surface area contributed by atoms with Crippen molar-refractivity contribution in [1.29, 1.82) is 0 Å². The van der Waals surface area contributed by atoms with Crippen molar-refractivity contribution >= 4 is 282 Å². The van der Waals surface area contributed by atoms with E-state index < -0.39 is 32.7 Å². The number of fused-ring (bicyclic) bond motifs is 4. The molecule has 4 spiro atoms. The number of hydrogen-bond acceptors (Lipinski definition) is 6. The molecule has 29 aromatic rings. The van der Waals surface area contributed by atoms with E-state index >= 15 is 9.59 Å². The molecule has 10 aliphatic carbocycles. The van der Waals surface area contributed by atoms with Crippen molar-refractivity contribution in [3.05, 3.63) is 223 Å². The largest absolute Gasteiger partial charge is 0.459 e. The van der Waals surface area contributed by atoms with Crippen LogP contribution in [0.5, 0.6) is 0 Å². The summed E-state index contributed by atoms with van der Waals surface area (Å²) >= 11 is 0. The Morgan fingerprint density at radius 1 is 0.221 bits per heavy atom. The first-order valence-corrected chi connectivity index (χ1v) is 37.5. The molecule has 12 aliphatic rings. The van der Waals surface area contributed by atoms with E-state index in [-0.39, 0.29) is 25.2 Å². The Hall–Kier alpha value is -12.9. The second kappa shape index (κ2) is 11.3. The smallest absolute Gasteiger partial charge is 0.337 e. The van der Waals surface area contributed by atoms with Gasteiger partial charge >= 0.3 is 11.9 Å². The van der Waals surface area contributed by atoms with Gasteiger partial charge in [0.25, 0.3) is 0 Å². The van der Waals surface area contributed by atoms with Gasteiger partial charge in [-0.25, -0.2) is 9.59 Å². The molecule has 0 saturated heterocycles. The lowest BCUT2D eigenvalue weighted by Crippen LogP contribution is -2.36. The van der Waals surface area contributed by atoms with Gasteiger partial charge in [0, 0.05) is 22.3 Å². The highest BCUT2D eigenvalue weighted by Crippen LogP contribution is 2.99. The van der Waals surface area contributed by atoms with E-state index in [4.69, 9.17) is 19.5 Å². The molecule has 2 aliphatic heterocycles. The minimum Gasteiger partial charge on any atom is -0.459 e. The van der Waals surface area contributed by atoms with Crippen molar-refractivity contribution in [3.63, 3.8) is 0 Å². The van der Waals surface area contributed by atoms with Gasteiger partial charge in [-0.05, 0) is 320 Å². The number of esters is 2. The van der Waals surface area contributed by atoms with Gasteiger partial charge in [-0.15, -0.1) is 0 Å². The number of hydrogen-bond donors (Lipinski definition) is 0. The highest BCUT2D eigenvalue weighted by atomic mass is 16.5. The van der Waals surface area contributed by atoms with Gasteiger partial charge in [-0.1, -0.05) is 140 Å². The van der Waals surface area contributed by atoms with Gasteiger partial charge in [0.2, 0.25) is 0 Å². The van der Waals surface area contributed by atoms with Crippen LogP contribution in [-0.2, 0) is 53.9 Å². The topological polar surface area (TPSA) is 77.3 Å². The number of ether oxygens (including phenoxy) is 2. The molecule has 2 fully saturated rings. The number of carbonyl (C=O) groups is 2. The van der Waals surface area contributed by atoms with E-state index in [1.165, 1.54) is 303 Å². The van der Waals surface area contributed by atoms with Crippen molar-refractivity contribution in [2.24, 2.45) is 9.98 Å². The van der Waals surface area contributed by atoms with Crippen molar-refractivity contribution in [2.45, 2.75) is 46.0 Å². The molecule has 0 N–H and O–H groups in total. The van der Waals surface area contributed by atoms with Crippen LogP contribution in [0.15, 0.2) is 156 Å². The standard InChI is InChI=1S/C98H28N2O4/c101-91-97(99-89(29-16-5-1-6-17-29)30-18-7-2-8-19-30)93-81-65-54-43-36-37-41-34-33-38-35-39(34)50-59-48(41)55-44(37)46-45(43)56-53-57(46)68-66(55)82-70(59)72-61(50)52-42(35)51-60-49(38)58(47(54)40(33)36)69(81)71(60)83-73-62(51)63(52)74-78-77(73)87(95(83,93)97)79-75(85(93)67(56)65)64(53)76-80(79)88(78)96(84(72)74)94(82,86(68)76)98(96,92(102)104-26-28-15-13-14-27(24-28)25-103-91)100-90(31-20-9-3-10-21-31)32-22-11-4-12-23-32/h1-24H,25-26H2/t93?,94?,95?,96?,97-,98+. The molecule has 10 bridgehead atoms. The maximum atomic E-state index is 18.7. The van der Waals surface area contributed by atoms with E-state index in [2.05, 4.69) is 146 Å². The summed E-state index contributed by atoms with van der Waals surface area (Å²) in [7, 11) is 0. The van der Waals surface area contributed by atoms with Crippen LogP contribution in [0.1, 0.15) is 77.9 Å². The molecule has 41 rings (SSSR count). The summed E-state index contributed by atoms with van der Waals surface area (Å²) in [4.78, 5) is 51.1. The van der Waals surface area contributed by atoms with Crippen molar-refractivity contribution < 1.29 is 19.1 Å². The third-order valence-corrected chi connectivity index (χ3v) is 33.2. The quantitative estimate of drug-likeness (QED) is 0.0944. The predicted octanol–water partition coefficient (Wildman–Crippen LogP) is 21.2. The van der Waals surface area contributed by atoms with Gasteiger partial charge in [-0.2, -0.15) is 0 Å². The van der Waals surface area contributed by atoms with Crippen LogP contribution in [0.25, 0.3) is 259 Å². The summed E-state index contributed by atoms with van der Waals surface area (Å²) in [5.41, 5.74) is 10.2. The normalized spacial score (nSPS) is 25.7. The highest BCUT2D eigenvalue weighted by Gasteiger charge is 3.02. The van der Waals surface area contributed by atoms with Crippen LogP contribution < -0.4 is 0 Å². The van der Waals surface area contributed by atoms with Gasteiger partial charge in [0.1, 0.15) is 13.2 Å². The zero-order valence-corrected chi connectivity index (χ0v) is 53.8. The first kappa shape index (κ1) is 44.4. The Balaban J connectivity index is 0.906. The zero-order chi connectivity index (χ0) is 64.3. The first-order valence-electron chi connectivity index (χ1n) is 37.5. The molecule has 104 heavy (non-hydrogen) atoms. The van der Waals surface area contributed by atoms with Crippen LogP contribution in [0.2, 0.25) is 0 Å². The van der Waals surface area contributed by atoms with Crippen LogP contribution in [0, 0.1) is 0 Å². The second-order valence-corrected chi connectivity index (χ2v) is 34.8. The number of rotatable bonds is 6. The van der Waals surface area contributed by atoms with Crippen molar-refractivity contribution in [2.75, 3.05) is 0 Å². The molecule has 4 unspecified atom stereocenters. The molecule has 454 valence electrons. The summed E-state index contributed by atoms with van der Waals surface area (Å²) in [6, 6.07) is 51.8. The molecule has 0 aromatic heterocycles. The summed E-state index contributed by atoms with van der Waals surface area (Å²) in [5, 5.41) is 67.7. The minimum absolute atomic E-state index is 0.00882. The summed E-state index contributed by atoms with van der Waals surface area (Å²) in [6.07, 6.45) is 0. The molecule has 2 saturated carbocycles. The molecule has 29 aromatic carbocycles. The number of carbonyl (C=O) groups excluding carboxylic acids is 2. The number of benzene rings is 21. The predicted molar refractivity (Wildman–Crippen MR) is 416 cm³/mol. The van der Waals surface area contributed by atoms with Gasteiger partial charge in [-0.3, -0.25) is 9.98 Å². The van der Waals surface area contributed by atoms with Crippen molar-refractivity contribution in [3.8, 4) is 0 Å². The SMILES string of the molecule is O=C1OCc2cccc(c2)COC(=O)[C@]2(N=C(c3ccccc3)c3ccccc3)C34c5c6c7c8c9c5c5c3c3c%10c%11c%12c%13c(c6c6c7c7c%14c%15c%16c%17c%18c(c9c9c5c5c3c3c%10c%10c%12c%12c%19c%13c6c%14c%19c6c%15c%13c%17c%14c%18c9c5c5c%14c9c%13c6c%12c%10c9c35)C83C7%16[C@@]13N=C(c1ccccc1)c1ccccc1)C%1142. The molecule has 0 amide bonds. The lowest BCUT2D eigenvalue weighted by Gasteiger charge is -2.33. The Labute approximate surface area is 576 Å². The fourth-order valence-electron chi connectivity index (χ4n) is 32.2. The van der Waals surface area contributed by atoms with Crippen LogP contribution in [0.4, 0.5) is 0 Å². The summed E-state index contributed by atoms with van der Waals surface area (Å²) in [5.74, 6) is -0.536. The van der Waals surface area contributed by atoms with Crippen LogP contribution in [0.3, 0.4) is 0 Å². The summed E-state index contributed by atoms with van der Waals surface area (Å²) < 4.78 is 15.3. The molecule has 0 radical (unpaired) electrons. The van der Waals surface area contributed by atoms with E-state index in [0.29, 0.717) is 0 Å². The Morgan fingerprint density at radius 3 is 0.596 bits per heavy atom. The second-order valence-electron chi connectivity index (χ2n) is 34.8. The molecule has 6 heteroatoms.